The third-order valence-electron chi connectivity index (χ3n) is 3.83. The van der Waals surface area contributed by atoms with Crippen molar-refractivity contribution in [3.05, 3.63) is 64.3 Å². The largest absolute Gasteiger partial charge is 0.860 e. The molecule has 2 aromatic carbocycles. The number of carboxylic acids is 1. The van der Waals surface area contributed by atoms with E-state index in [4.69, 9.17) is 23.2 Å². The molecule has 2 aromatic heterocycles. The zero-order valence-electron chi connectivity index (χ0n) is 12.9. The normalized spacial score (nSPS) is 11.2. The van der Waals surface area contributed by atoms with E-state index in [1.807, 2.05) is 24.3 Å². The average molecular weight is 422 g/mol. The average Bonchev–Trinajstić information content (AvgIpc) is 3.10. The lowest BCUT2D eigenvalue weighted by molar-refractivity contribution is -0.498. The maximum atomic E-state index is 12.2. The Bertz CT molecular complexity index is 1130. The van der Waals surface area contributed by atoms with Crippen LogP contribution in [0.1, 0.15) is 10.5 Å². The molecule has 130 valence electrons. The second kappa shape index (κ2) is 6.55. The highest BCUT2D eigenvalue weighted by Gasteiger charge is 2.32. The Morgan fingerprint density at radius 2 is 1.46 bits per heavy atom. The quantitative estimate of drug-likeness (QED) is 0.475. The van der Waals surface area contributed by atoms with Crippen molar-refractivity contribution < 1.29 is 19.4 Å². The Hall–Kier alpha value is -2.12. The third kappa shape index (κ3) is 2.85. The summed E-state index contributed by atoms with van der Waals surface area (Å²) in [5.41, 5.74) is 2.06. The molecular formula is C18H9Cl2NO3S2. The predicted octanol–water partition coefficient (Wildman–Crippen LogP) is 4.96. The summed E-state index contributed by atoms with van der Waals surface area (Å²) in [5, 5.41) is 22.4. The van der Waals surface area contributed by atoms with Gasteiger partial charge in [0, 0.05) is 20.7 Å². The van der Waals surface area contributed by atoms with Crippen molar-refractivity contribution in [3.63, 3.8) is 0 Å². The van der Waals surface area contributed by atoms with Crippen LogP contribution in [-0.2, 0) is 0 Å². The number of thiazole rings is 2. The van der Waals surface area contributed by atoms with Crippen molar-refractivity contribution >= 4 is 56.0 Å². The summed E-state index contributed by atoms with van der Waals surface area (Å²) in [6.07, 6.45) is 0. The van der Waals surface area contributed by atoms with Gasteiger partial charge in [0.2, 0.25) is 5.69 Å². The zero-order chi connectivity index (χ0) is 18.4. The number of carboxylic acid groups (broad SMARTS) is 1. The molecule has 0 unspecified atom stereocenters. The fourth-order valence-corrected chi connectivity index (χ4v) is 5.32. The van der Waals surface area contributed by atoms with Crippen LogP contribution in [-0.4, -0.2) is 11.1 Å². The lowest BCUT2D eigenvalue weighted by Gasteiger charge is -2.02. The lowest BCUT2D eigenvalue weighted by atomic mass is 10.1. The number of nitrogens with zero attached hydrogens (tertiary/aromatic N) is 1. The Morgan fingerprint density at radius 1 is 0.923 bits per heavy atom. The van der Waals surface area contributed by atoms with Gasteiger partial charge < -0.3 is 10.2 Å². The first-order valence-corrected chi connectivity index (χ1v) is 9.78. The summed E-state index contributed by atoms with van der Waals surface area (Å²) in [4.78, 5) is 12.5. The van der Waals surface area contributed by atoms with Crippen LogP contribution in [0.25, 0.3) is 25.8 Å². The molecule has 0 saturated heterocycles. The van der Waals surface area contributed by atoms with Gasteiger partial charge in [-0.25, -0.2) is 4.79 Å². The van der Waals surface area contributed by atoms with Gasteiger partial charge in [-0.1, -0.05) is 46.7 Å². The first-order chi connectivity index (χ1) is 12.5. The summed E-state index contributed by atoms with van der Waals surface area (Å²) < 4.78 is 2.13. The molecule has 0 amide bonds. The number of halogens is 2. The highest BCUT2D eigenvalue weighted by Crippen LogP contribution is 2.40. The van der Waals surface area contributed by atoms with Crippen LogP contribution in [0.2, 0.25) is 10.0 Å². The highest BCUT2D eigenvalue weighted by molar-refractivity contribution is 7.38. The van der Waals surface area contributed by atoms with E-state index in [1.54, 1.807) is 24.3 Å². The van der Waals surface area contributed by atoms with Crippen molar-refractivity contribution in [2.45, 2.75) is 0 Å². The van der Waals surface area contributed by atoms with Crippen LogP contribution >= 0.6 is 45.9 Å². The molecule has 0 aliphatic heterocycles. The molecule has 8 heteroatoms. The minimum Gasteiger partial charge on any atom is -0.860 e. The van der Waals surface area contributed by atoms with Crippen molar-refractivity contribution in [1.82, 2.24) is 0 Å². The SMILES string of the molecule is O=C(O)c1c([O-])sc2sc(-c3ccc(Cl)cc3)c(-c3ccc(Cl)cc3)[n+]12. The molecule has 0 aliphatic rings. The van der Waals surface area contributed by atoms with Gasteiger partial charge in [-0.05, 0) is 53.3 Å². The van der Waals surface area contributed by atoms with Crippen LogP contribution in [0.4, 0.5) is 0 Å². The van der Waals surface area contributed by atoms with E-state index in [0.29, 0.717) is 19.9 Å². The summed E-state index contributed by atoms with van der Waals surface area (Å²) in [6.45, 7) is 0. The molecule has 4 aromatic rings. The fraction of sp³-hybridized carbons (Fsp3) is 0. The monoisotopic (exact) mass is 421 g/mol. The molecule has 0 fully saturated rings. The number of carbonyl (C=O) groups is 1. The van der Waals surface area contributed by atoms with Gasteiger partial charge in [-0.2, -0.15) is 0 Å². The fourth-order valence-electron chi connectivity index (χ4n) is 2.71. The molecular weight excluding hydrogens is 413 g/mol. The summed E-state index contributed by atoms with van der Waals surface area (Å²) >= 11 is 14.3. The Labute approximate surface area is 166 Å². The van der Waals surface area contributed by atoms with Gasteiger partial charge in [0.25, 0.3) is 0 Å². The van der Waals surface area contributed by atoms with E-state index >= 15 is 0 Å². The number of benzene rings is 2. The number of fused-ring (bicyclic) bond motifs is 1. The molecule has 26 heavy (non-hydrogen) atoms. The second-order valence-electron chi connectivity index (χ2n) is 5.44. The van der Waals surface area contributed by atoms with Gasteiger partial charge in [0.15, 0.2) is 0 Å². The maximum absolute atomic E-state index is 12.2. The zero-order valence-corrected chi connectivity index (χ0v) is 16.0. The lowest BCUT2D eigenvalue weighted by Crippen LogP contribution is -2.28. The maximum Gasteiger partial charge on any atom is 0.402 e. The summed E-state index contributed by atoms with van der Waals surface area (Å²) in [5.74, 6) is -1.25. The smallest absolute Gasteiger partial charge is 0.402 e. The molecule has 0 aliphatic carbocycles. The van der Waals surface area contributed by atoms with Crippen molar-refractivity contribution in [2.24, 2.45) is 0 Å². The molecule has 4 nitrogen and oxygen atoms in total. The van der Waals surface area contributed by atoms with Crippen molar-refractivity contribution in [2.75, 3.05) is 0 Å². The van der Waals surface area contributed by atoms with Crippen LogP contribution < -0.4 is 9.51 Å². The Balaban J connectivity index is 2.09. The van der Waals surface area contributed by atoms with Crippen LogP contribution in [0.5, 0.6) is 5.06 Å². The first-order valence-electron chi connectivity index (χ1n) is 7.39. The van der Waals surface area contributed by atoms with Crippen molar-refractivity contribution in [1.29, 1.82) is 0 Å². The van der Waals surface area contributed by atoms with E-state index in [1.165, 1.54) is 15.7 Å². The minimum atomic E-state index is -1.25. The van der Waals surface area contributed by atoms with E-state index in [-0.39, 0.29) is 5.69 Å². The van der Waals surface area contributed by atoms with Gasteiger partial charge in [-0.15, -0.1) is 4.40 Å². The summed E-state index contributed by atoms with van der Waals surface area (Å²) in [6, 6.07) is 14.4. The molecule has 4 rings (SSSR count). The third-order valence-corrected chi connectivity index (χ3v) is 6.56. The molecule has 1 N–H and O–H groups in total. The summed E-state index contributed by atoms with van der Waals surface area (Å²) in [7, 11) is 0. The Kier molecular flexibility index (Phi) is 4.36. The topological polar surface area (TPSA) is 64.5 Å². The number of hydrogen-bond acceptors (Lipinski definition) is 4. The first kappa shape index (κ1) is 17.3. The van der Waals surface area contributed by atoms with Crippen molar-refractivity contribution in [3.8, 4) is 26.8 Å². The highest BCUT2D eigenvalue weighted by atomic mass is 35.5. The van der Waals surface area contributed by atoms with E-state index in [2.05, 4.69) is 0 Å². The number of rotatable bonds is 3. The van der Waals surface area contributed by atoms with Crippen LogP contribution in [0, 0.1) is 0 Å². The molecule has 0 spiro atoms. The second-order valence-corrected chi connectivity index (χ2v) is 8.53. The van der Waals surface area contributed by atoms with Gasteiger partial charge >= 0.3 is 15.8 Å². The van der Waals surface area contributed by atoms with E-state index in [9.17, 15) is 15.0 Å². The van der Waals surface area contributed by atoms with Crippen LogP contribution in [0.3, 0.4) is 0 Å². The number of aromatic nitrogens is 1. The molecule has 0 radical (unpaired) electrons. The molecule has 2 heterocycles. The minimum absolute atomic E-state index is 0.258. The van der Waals surface area contributed by atoms with Gasteiger partial charge in [0.05, 0.1) is 0 Å². The molecule has 0 bridgehead atoms. The molecule has 0 saturated carbocycles. The van der Waals surface area contributed by atoms with Gasteiger partial charge in [-0.3, -0.25) is 0 Å². The Morgan fingerprint density at radius 3 is 2.00 bits per heavy atom. The number of hydrogen-bond donors (Lipinski definition) is 1. The van der Waals surface area contributed by atoms with E-state index in [0.717, 1.165) is 27.3 Å². The predicted molar refractivity (Wildman–Crippen MR) is 103 cm³/mol. The standard InChI is InChI=1S/C18H9Cl2NO3S2/c19-11-5-1-9(2-6-11)13-15(10-3-7-12(20)8-4-10)25-18-21(13)14(16(22)23)17(24)26-18/h1-8H,(H-,22,23,24). The van der Waals surface area contributed by atoms with E-state index < -0.39 is 11.0 Å². The number of aromatic carboxylic acids is 1. The molecule has 0 atom stereocenters. The van der Waals surface area contributed by atoms with Gasteiger partial charge in [0.1, 0.15) is 4.88 Å². The van der Waals surface area contributed by atoms with Crippen LogP contribution in [0.15, 0.2) is 48.5 Å².